The molecule has 0 aliphatic rings. The number of oxime groups is 1. The second kappa shape index (κ2) is 7.54. The van der Waals surface area contributed by atoms with Gasteiger partial charge in [-0.1, -0.05) is 5.16 Å². The zero-order valence-electron chi connectivity index (χ0n) is 10.9. The molecular formula is C11H21N5O2. The Morgan fingerprint density at radius 2 is 2.39 bits per heavy atom. The van der Waals surface area contributed by atoms with Gasteiger partial charge >= 0.3 is 0 Å². The van der Waals surface area contributed by atoms with Crippen LogP contribution in [-0.2, 0) is 11.3 Å². The van der Waals surface area contributed by atoms with Gasteiger partial charge in [0.15, 0.2) is 0 Å². The summed E-state index contributed by atoms with van der Waals surface area (Å²) in [6.45, 7) is 4.86. The summed E-state index contributed by atoms with van der Waals surface area (Å²) >= 11 is 0. The summed E-state index contributed by atoms with van der Waals surface area (Å²) in [5.41, 5.74) is 5.49. The number of ether oxygens (including phenoxy) is 1. The molecule has 0 atom stereocenters. The summed E-state index contributed by atoms with van der Waals surface area (Å²) in [6.07, 6.45) is 4.18. The zero-order valence-corrected chi connectivity index (χ0v) is 10.9. The van der Waals surface area contributed by atoms with Crippen molar-refractivity contribution in [2.24, 2.45) is 10.9 Å². The van der Waals surface area contributed by atoms with Crippen LogP contribution in [0.4, 0.5) is 5.95 Å². The maximum atomic E-state index is 8.55. The molecule has 102 valence electrons. The van der Waals surface area contributed by atoms with E-state index in [0.717, 1.165) is 12.5 Å². The summed E-state index contributed by atoms with van der Waals surface area (Å²) in [6, 6.07) is 0. The van der Waals surface area contributed by atoms with E-state index in [4.69, 9.17) is 15.7 Å². The van der Waals surface area contributed by atoms with Gasteiger partial charge in [-0.15, -0.1) is 0 Å². The number of rotatable bonds is 8. The molecule has 3 N–H and O–H groups in total. The molecule has 0 aliphatic heterocycles. The Labute approximate surface area is 107 Å². The lowest BCUT2D eigenvalue weighted by Crippen LogP contribution is -2.33. The average molecular weight is 255 g/mol. The predicted molar refractivity (Wildman–Crippen MR) is 70.0 cm³/mol. The number of hydrogen-bond acceptors (Lipinski definition) is 5. The number of nitrogens with two attached hydrogens (primary N) is 1. The Morgan fingerprint density at radius 3 is 3.00 bits per heavy atom. The highest BCUT2D eigenvalue weighted by Gasteiger charge is 2.12. The molecule has 0 unspecified atom stereocenters. The molecule has 1 aromatic heterocycles. The van der Waals surface area contributed by atoms with Gasteiger partial charge in [-0.25, -0.2) is 4.98 Å². The molecule has 0 aliphatic carbocycles. The number of aromatic nitrogens is 2. The standard InChI is InChI=1S/C11H21N5O2/c1-3-15-7-5-13-11(15)16(8-9-18-2)6-4-10(12)14-17/h5,7,17H,3-4,6,8-9H2,1-2H3,(H2,12,14). The van der Waals surface area contributed by atoms with Gasteiger partial charge in [0.1, 0.15) is 5.84 Å². The van der Waals surface area contributed by atoms with Crippen molar-refractivity contribution in [2.45, 2.75) is 19.9 Å². The van der Waals surface area contributed by atoms with Gasteiger partial charge in [0.2, 0.25) is 5.95 Å². The molecule has 0 fully saturated rings. The summed E-state index contributed by atoms with van der Waals surface area (Å²) in [4.78, 5) is 6.39. The maximum Gasteiger partial charge on any atom is 0.205 e. The molecule has 0 radical (unpaired) electrons. The molecular weight excluding hydrogens is 234 g/mol. The van der Waals surface area contributed by atoms with E-state index in [1.807, 2.05) is 10.8 Å². The van der Waals surface area contributed by atoms with Crippen LogP contribution in [0.5, 0.6) is 0 Å². The zero-order chi connectivity index (χ0) is 13.4. The molecule has 0 amide bonds. The molecule has 18 heavy (non-hydrogen) atoms. The highest BCUT2D eigenvalue weighted by Crippen LogP contribution is 2.11. The number of amidine groups is 1. The topological polar surface area (TPSA) is 88.9 Å². The quantitative estimate of drug-likeness (QED) is 0.305. The van der Waals surface area contributed by atoms with E-state index in [2.05, 4.69) is 22.0 Å². The lowest BCUT2D eigenvalue weighted by molar-refractivity contribution is 0.205. The molecule has 1 heterocycles. The Balaban J connectivity index is 2.71. The Kier molecular flexibility index (Phi) is 5.99. The van der Waals surface area contributed by atoms with Crippen LogP contribution in [0.1, 0.15) is 13.3 Å². The molecule has 1 aromatic rings. The summed E-state index contributed by atoms with van der Waals surface area (Å²) in [5, 5.41) is 11.5. The minimum absolute atomic E-state index is 0.215. The number of hydrogen-bond donors (Lipinski definition) is 2. The van der Waals surface area contributed by atoms with Gasteiger partial charge in [0.25, 0.3) is 0 Å². The van der Waals surface area contributed by atoms with Crippen molar-refractivity contribution in [2.75, 3.05) is 31.7 Å². The SMILES string of the molecule is CCn1ccnc1N(CCOC)CCC(N)=NO. The molecule has 7 heteroatoms. The fourth-order valence-corrected chi connectivity index (χ4v) is 1.64. The minimum atomic E-state index is 0.215. The van der Waals surface area contributed by atoms with E-state index in [-0.39, 0.29) is 5.84 Å². The lowest BCUT2D eigenvalue weighted by atomic mass is 10.3. The second-order valence-corrected chi connectivity index (χ2v) is 3.83. The first-order valence-corrected chi connectivity index (χ1v) is 5.94. The molecule has 1 rings (SSSR count). The van der Waals surface area contributed by atoms with E-state index < -0.39 is 0 Å². The summed E-state index contributed by atoms with van der Waals surface area (Å²) < 4.78 is 7.13. The molecule has 0 spiro atoms. The summed E-state index contributed by atoms with van der Waals surface area (Å²) in [7, 11) is 1.66. The van der Waals surface area contributed by atoms with Crippen molar-refractivity contribution >= 4 is 11.8 Å². The molecule has 0 saturated heterocycles. The van der Waals surface area contributed by atoms with Crippen LogP contribution in [-0.4, -0.2) is 47.4 Å². The predicted octanol–water partition coefficient (Wildman–Crippen LogP) is 0.492. The normalized spacial score (nSPS) is 11.8. The first kappa shape index (κ1) is 14.3. The van der Waals surface area contributed by atoms with Crippen LogP contribution in [0.3, 0.4) is 0 Å². The van der Waals surface area contributed by atoms with Crippen molar-refractivity contribution in [3.05, 3.63) is 12.4 Å². The number of aryl methyl sites for hydroxylation is 1. The Bertz CT molecular complexity index is 377. The highest BCUT2D eigenvalue weighted by atomic mass is 16.5. The van der Waals surface area contributed by atoms with Crippen LogP contribution < -0.4 is 10.6 Å². The van der Waals surface area contributed by atoms with Gasteiger partial charge in [-0.3, -0.25) is 0 Å². The number of anilines is 1. The third-order valence-corrected chi connectivity index (χ3v) is 2.65. The largest absolute Gasteiger partial charge is 0.409 e. The smallest absolute Gasteiger partial charge is 0.205 e. The van der Waals surface area contributed by atoms with Gasteiger partial charge < -0.3 is 25.1 Å². The fraction of sp³-hybridized carbons (Fsp3) is 0.636. The first-order chi connectivity index (χ1) is 8.72. The first-order valence-electron chi connectivity index (χ1n) is 5.94. The fourth-order valence-electron chi connectivity index (χ4n) is 1.64. The van der Waals surface area contributed by atoms with Crippen molar-refractivity contribution in [1.29, 1.82) is 0 Å². The van der Waals surface area contributed by atoms with Gasteiger partial charge in [0, 0.05) is 45.6 Å². The van der Waals surface area contributed by atoms with Crippen molar-refractivity contribution in [3.63, 3.8) is 0 Å². The van der Waals surface area contributed by atoms with Gasteiger partial charge in [-0.05, 0) is 6.92 Å². The monoisotopic (exact) mass is 255 g/mol. The highest BCUT2D eigenvalue weighted by molar-refractivity contribution is 5.80. The number of imidazole rings is 1. The molecule has 0 aromatic carbocycles. The van der Waals surface area contributed by atoms with Gasteiger partial charge in [0.05, 0.1) is 6.61 Å². The van der Waals surface area contributed by atoms with Crippen molar-refractivity contribution in [3.8, 4) is 0 Å². The van der Waals surface area contributed by atoms with E-state index in [9.17, 15) is 0 Å². The number of methoxy groups -OCH3 is 1. The second-order valence-electron chi connectivity index (χ2n) is 3.83. The Hall–Kier alpha value is -1.76. The van der Waals surface area contributed by atoms with E-state index in [1.165, 1.54) is 0 Å². The van der Waals surface area contributed by atoms with Crippen molar-refractivity contribution in [1.82, 2.24) is 9.55 Å². The van der Waals surface area contributed by atoms with E-state index in [0.29, 0.717) is 26.1 Å². The lowest BCUT2D eigenvalue weighted by Gasteiger charge is -2.23. The van der Waals surface area contributed by atoms with Crippen LogP contribution in [0.25, 0.3) is 0 Å². The van der Waals surface area contributed by atoms with Crippen molar-refractivity contribution < 1.29 is 9.94 Å². The van der Waals surface area contributed by atoms with Gasteiger partial charge in [-0.2, -0.15) is 0 Å². The summed E-state index contributed by atoms with van der Waals surface area (Å²) in [5.74, 6) is 1.09. The Morgan fingerprint density at radius 1 is 1.61 bits per heavy atom. The van der Waals surface area contributed by atoms with E-state index >= 15 is 0 Å². The third kappa shape index (κ3) is 3.92. The number of nitrogens with zero attached hydrogens (tertiary/aromatic N) is 4. The maximum absolute atomic E-state index is 8.55. The molecule has 0 saturated carbocycles. The van der Waals surface area contributed by atoms with Crippen LogP contribution >= 0.6 is 0 Å². The third-order valence-electron chi connectivity index (χ3n) is 2.65. The van der Waals surface area contributed by atoms with Crippen LogP contribution in [0, 0.1) is 0 Å². The molecule has 0 bridgehead atoms. The average Bonchev–Trinajstić information content (AvgIpc) is 2.86. The minimum Gasteiger partial charge on any atom is -0.409 e. The van der Waals surface area contributed by atoms with Crippen LogP contribution in [0.2, 0.25) is 0 Å². The molecule has 7 nitrogen and oxygen atoms in total. The van der Waals surface area contributed by atoms with E-state index in [1.54, 1.807) is 13.3 Å². The van der Waals surface area contributed by atoms with Crippen LogP contribution in [0.15, 0.2) is 17.5 Å².